The van der Waals surface area contributed by atoms with Crippen LogP contribution in [0.15, 0.2) is 18.3 Å². The maximum Gasteiger partial charge on any atom is 0.496 e. The van der Waals surface area contributed by atoms with Crippen molar-refractivity contribution in [2.45, 2.75) is 51.9 Å². The molecule has 0 spiro atoms. The Morgan fingerprint density at radius 3 is 2.42 bits per heavy atom. The molecule has 1 fully saturated rings. The second-order valence-electron chi connectivity index (χ2n) is 7.92. The third kappa shape index (κ3) is 3.35. The number of hydrogen-bond donors (Lipinski definition) is 0. The van der Waals surface area contributed by atoms with Crippen molar-refractivity contribution < 1.29 is 14.1 Å². The van der Waals surface area contributed by atoms with Crippen LogP contribution in [0.5, 0.6) is 0 Å². The highest BCUT2D eigenvalue weighted by atomic mass is 35.5. The van der Waals surface area contributed by atoms with Crippen LogP contribution in [-0.2, 0) is 20.6 Å². The fraction of sp³-hybridized carbons (Fsp3) is 0.556. The normalized spacial score (nSPS) is 18.5. The largest absolute Gasteiger partial charge is 0.496 e. The molecule has 1 saturated heterocycles. The Hall–Kier alpha value is -1.57. The molecular weight excluding hydrogens is 352 g/mol. The van der Waals surface area contributed by atoms with Crippen LogP contribution in [-0.4, -0.2) is 53.0 Å². The molecule has 8 heteroatoms. The number of carbonyl (C=O) groups excluding carboxylic acids is 1. The zero-order valence-corrected chi connectivity index (χ0v) is 16.9. The molecule has 0 N–H and O–H groups in total. The number of fused-ring (bicyclic) bond motifs is 1. The number of carbonyl (C=O) groups is 1. The first kappa shape index (κ1) is 19.2. The van der Waals surface area contributed by atoms with E-state index in [1.807, 2.05) is 46.0 Å². The summed E-state index contributed by atoms with van der Waals surface area (Å²) in [4.78, 5) is 13.3. The lowest BCUT2D eigenvalue weighted by molar-refractivity contribution is -0.128. The molecule has 0 radical (unpaired) electrons. The molecule has 2 heterocycles. The second kappa shape index (κ2) is 6.55. The molecule has 1 aromatic heterocycles. The number of hydrogen-bond acceptors (Lipinski definition) is 4. The maximum atomic E-state index is 11.8. The summed E-state index contributed by atoms with van der Waals surface area (Å²) in [7, 11) is 2.97. The van der Waals surface area contributed by atoms with Crippen molar-refractivity contribution >= 4 is 41.0 Å². The molecule has 1 aliphatic rings. The molecule has 0 aliphatic carbocycles. The van der Waals surface area contributed by atoms with Crippen LogP contribution in [0.25, 0.3) is 10.9 Å². The van der Waals surface area contributed by atoms with Crippen molar-refractivity contribution in [3.8, 4) is 0 Å². The Labute approximate surface area is 159 Å². The van der Waals surface area contributed by atoms with Gasteiger partial charge < -0.3 is 14.2 Å². The number of benzene rings is 1. The predicted octanol–water partition coefficient (Wildman–Crippen LogP) is 2.47. The lowest BCUT2D eigenvalue weighted by Gasteiger charge is -2.32. The monoisotopic (exact) mass is 377 g/mol. The number of aromatic nitrogens is 2. The first-order chi connectivity index (χ1) is 12.0. The summed E-state index contributed by atoms with van der Waals surface area (Å²) < 4.78 is 14.0. The van der Waals surface area contributed by atoms with E-state index < -0.39 is 18.3 Å². The molecule has 1 aromatic carbocycles. The molecule has 1 amide bonds. The number of aryl methyl sites for hydroxylation is 1. The molecule has 1 aliphatic heterocycles. The standard InChI is InChI=1S/C18H25BClN3O3/c1-17(2)18(3,4)26-19(25-17)13-7-8-14-12(16(13)20)11-23(21-14)10-9-15(24)22(5)6/h7-8,11H,9-10H2,1-6H3. The summed E-state index contributed by atoms with van der Waals surface area (Å²) in [5.41, 5.74) is 0.730. The summed E-state index contributed by atoms with van der Waals surface area (Å²) in [6, 6.07) is 3.81. The average molecular weight is 378 g/mol. The molecule has 0 saturated carbocycles. The third-order valence-electron chi connectivity index (χ3n) is 5.26. The quantitative estimate of drug-likeness (QED) is 0.768. The van der Waals surface area contributed by atoms with Crippen molar-refractivity contribution in [3.05, 3.63) is 23.4 Å². The van der Waals surface area contributed by atoms with Gasteiger partial charge in [-0.15, -0.1) is 0 Å². The predicted molar refractivity (Wildman–Crippen MR) is 104 cm³/mol. The lowest BCUT2D eigenvalue weighted by Crippen LogP contribution is -2.41. The van der Waals surface area contributed by atoms with Crippen molar-refractivity contribution in [1.29, 1.82) is 0 Å². The second-order valence-corrected chi connectivity index (χ2v) is 8.30. The molecule has 0 unspecified atom stereocenters. The van der Waals surface area contributed by atoms with Crippen LogP contribution in [0.1, 0.15) is 34.1 Å². The fourth-order valence-corrected chi connectivity index (χ4v) is 3.12. The van der Waals surface area contributed by atoms with Gasteiger partial charge in [-0.25, -0.2) is 0 Å². The van der Waals surface area contributed by atoms with Gasteiger partial charge in [-0.05, 0) is 33.8 Å². The maximum absolute atomic E-state index is 11.8. The molecular formula is C18H25BClN3O3. The van der Waals surface area contributed by atoms with Gasteiger partial charge in [0.2, 0.25) is 5.91 Å². The van der Waals surface area contributed by atoms with E-state index in [1.165, 1.54) is 0 Å². The zero-order chi connectivity index (χ0) is 19.3. The topological polar surface area (TPSA) is 56.6 Å². The van der Waals surface area contributed by atoms with Gasteiger partial charge in [0.25, 0.3) is 0 Å². The molecule has 140 valence electrons. The smallest absolute Gasteiger partial charge is 0.399 e. The van der Waals surface area contributed by atoms with Gasteiger partial charge in [0.1, 0.15) is 0 Å². The number of nitrogens with zero attached hydrogens (tertiary/aromatic N) is 3. The Balaban J connectivity index is 1.86. The summed E-state index contributed by atoms with van der Waals surface area (Å²) in [5.74, 6) is 0.0635. The van der Waals surface area contributed by atoms with Crippen molar-refractivity contribution in [2.24, 2.45) is 0 Å². The van der Waals surface area contributed by atoms with Gasteiger partial charge >= 0.3 is 7.12 Å². The van der Waals surface area contributed by atoms with E-state index in [1.54, 1.807) is 23.7 Å². The Kier molecular flexibility index (Phi) is 4.84. The Morgan fingerprint density at radius 2 is 1.85 bits per heavy atom. The van der Waals surface area contributed by atoms with Gasteiger partial charge in [0.05, 0.1) is 21.7 Å². The average Bonchev–Trinajstić information content (AvgIpc) is 3.04. The highest BCUT2D eigenvalue weighted by molar-refractivity contribution is 6.66. The minimum atomic E-state index is -0.518. The van der Waals surface area contributed by atoms with Crippen LogP contribution in [0.3, 0.4) is 0 Å². The highest BCUT2D eigenvalue weighted by Crippen LogP contribution is 2.37. The molecule has 26 heavy (non-hydrogen) atoms. The van der Waals surface area contributed by atoms with E-state index in [9.17, 15) is 4.79 Å². The van der Waals surface area contributed by atoms with E-state index in [2.05, 4.69) is 5.10 Å². The van der Waals surface area contributed by atoms with Crippen molar-refractivity contribution in [1.82, 2.24) is 14.7 Å². The third-order valence-corrected chi connectivity index (χ3v) is 5.68. The van der Waals surface area contributed by atoms with Gasteiger partial charge in [0.15, 0.2) is 0 Å². The van der Waals surface area contributed by atoms with Crippen LogP contribution in [0, 0.1) is 0 Å². The first-order valence-corrected chi connectivity index (χ1v) is 9.11. The van der Waals surface area contributed by atoms with Gasteiger partial charge in [-0.3, -0.25) is 9.48 Å². The van der Waals surface area contributed by atoms with E-state index in [0.29, 0.717) is 18.0 Å². The molecule has 0 bridgehead atoms. The minimum Gasteiger partial charge on any atom is -0.399 e. The molecule has 2 aromatic rings. The van der Waals surface area contributed by atoms with Gasteiger partial charge in [-0.1, -0.05) is 17.7 Å². The minimum absolute atomic E-state index is 0.0635. The summed E-state index contributed by atoms with van der Waals surface area (Å²) in [6.45, 7) is 8.56. The zero-order valence-electron chi connectivity index (χ0n) is 16.2. The first-order valence-electron chi connectivity index (χ1n) is 8.73. The highest BCUT2D eigenvalue weighted by Gasteiger charge is 2.52. The number of halogens is 1. The Bertz CT molecular complexity index is 832. The van der Waals surface area contributed by atoms with E-state index in [4.69, 9.17) is 20.9 Å². The van der Waals surface area contributed by atoms with Gasteiger partial charge in [0, 0.05) is 44.1 Å². The van der Waals surface area contributed by atoms with Crippen molar-refractivity contribution in [3.63, 3.8) is 0 Å². The summed E-state index contributed by atoms with van der Waals surface area (Å²) in [5, 5.41) is 5.91. The summed E-state index contributed by atoms with van der Waals surface area (Å²) in [6.07, 6.45) is 2.26. The molecule has 3 rings (SSSR count). The number of rotatable bonds is 4. The molecule has 6 nitrogen and oxygen atoms in total. The van der Waals surface area contributed by atoms with Crippen molar-refractivity contribution in [2.75, 3.05) is 14.1 Å². The van der Waals surface area contributed by atoms with Gasteiger partial charge in [-0.2, -0.15) is 5.10 Å². The SMILES string of the molecule is CN(C)C(=O)CCn1cc2c(Cl)c(B3OC(C)(C)C(C)(C)O3)ccc2n1. The Morgan fingerprint density at radius 1 is 1.23 bits per heavy atom. The van der Waals surface area contributed by atoms with Crippen LogP contribution < -0.4 is 5.46 Å². The lowest BCUT2D eigenvalue weighted by atomic mass is 9.78. The molecule has 0 atom stereocenters. The number of amides is 1. The van der Waals surface area contributed by atoms with Crippen LogP contribution in [0.2, 0.25) is 5.02 Å². The van der Waals surface area contributed by atoms with E-state index >= 15 is 0 Å². The van der Waals surface area contributed by atoms with E-state index in [0.717, 1.165) is 16.4 Å². The van der Waals surface area contributed by atoms with Crippen LogP contribution in [0.4, 0.5) is 0 Å². The summed E-state index contributed by atoms with van der Waals surface area (Å²) >= 11 is 6.65. The van der Waals surface area contributed by atoms with E-state index in [-0.39, 0.29) is 5.91 Å². The van der Waals surface area contributed by atoms with Crippen LogP contribution >= 0.6 is 11.6 Å². The fourth-order valence-electron chi connectivity index (χ4n) is 2.83.